The molecule has 0 aromatic rings. The average Bonchev–Trinajstić information content (AvgIpc) is 2.63. The van der Waals surface area contributed by atoms with Crippen molar-refractivity contribution in [1.29, 1.82) is 0 Å². The lowest BCUT2D eigenvalue weighted by Gasteiger charge is -2.06. The van der Waals surface area contributed by atoms with Gasteiger partial charge in [-0.2, -0.15) is 0 Å². The molecule has 0 aromatic heterocycles. The molecule has 0 unspecified atom stereocenters. The van der Waals surface area contributed by atoms with E-state index in [0.717, 1.165) is 6.42 Å². The highest BCUT2D eigenvalue weighted by Gasteiger charge is 2.14. The molecule has 0 spiro atoms. The van der Waals surface area contributed by atoms with E-state index in [1.54, 1.807) is 0 Å². The van der Waals surface area contributed by atoms with Gasteiger partial charge in [0.05, 0.1) is 0 Å². The van der Waals surface area contributed by atoms with Gasteiger partial charge >= 0.3 is 0 Å². The summed E-state index contributed by atoms with van der Waals surface area (Å²) in [5, 5.41) is 0. The fraction of sp³-hybridized carbons (Fsp3) is 0.846. The van der Waals surface area contributed by atoms with Crippen LogP contribution in [0.5, 0.6) is 0 Å². The van der Waals surface area contributed by atoms with E-state index >= 15 is 0 Å². The van der Waals surface area contributed by atoms with Gasteiger partial charge in [0, 0.05) is 0 Å². The number of unbranched alkanes of at least 4 members (excludes halogenated alkanes) is 5. The number of hydrogen-bond donors (Lipinski definition) is 0. The summed E-state index contributed by atoms with van der Waals surface area (Å²) in [5.41, 5.74) is 0. The molecule has 1 aliphatic rings. The van der Waals surface area contributed by atoms with Crippen molar-refractivity contribution in [1.82, 2.24) is 0 Å². The van der Waals surface area contributed by atoms with E-state index in [9.17, 15) is 0 Å². The first-order chi connectivity index (χ1) is 6.43. The summed E-state index contributed by atoms with van der Waals surface area (Å²) in [6, 6.07) is 0. The lowest BCUT2D eigenvalue weighted by molar-refractivity contribution is 0.591. The van der Waals surface area contributed by atoms with Gasteiger partial charge < -0.3 is 0 Å². The van der Waals surface area contributed by atoms with E-state index in [1.165, 1.54) is 64.2 Å². The monoisotopic (exact) mass is 180 g/mol. The molecule has 0 aromatic carbocycles. The Morgan fingerprint density at radius 3 is 2.15 bits per heavy atom. The molecule has 1 saturated carbocycles. The standard InChI is InChI=1S/C13H24/c1-2-3-4-5-6-7-10-13-11-8-9-12-13/h1-12H2. The topological polar surface area (TPSA) is 0 Å². The minimum absolute atomic E-state index is 1.12. The van der Waals surface area contributed by atoms with Gasteiger partial charge in [0.25, 0.3) is 0 Å². The molecule has 2 radical (unpaired) electrons. The third kappa shape index (κ3) is 5.33. The van der Waals surface area contributed by atoms with Crippen LogP contribution in [0.1, 0.15) is 70.6 Å². The maximum Gasteiger partial charge on any atom is -0.0241 e. The second kappa shape index (κ2) is 7.41. The SMILES string of the molecule is [CH2]CCCCCCC[C]1CCCC1. The molecule has 13 heavy (non-hydrogen) atoms. The van der Waals surface area contributed by atoms with Crippen LogP contribution < -0.4 is 0 Å². The summed E-state index contributed by atoms with van der Waals surface area (Å²) in [6.45, 7) is 3.86. The molecule has 0 heterocycles. The second-order valence-electron chi connectivity index (χ2n) is 4.33. The first kappa shape index (κ1) is 11.1. The Labute approximate surface area is 84.1 Å². The van der Waals surface area contributed by atoms with Gasteiger partial charge in [-0.25, -0.2) is 0 Å². The number of rotatable bonds is 7. The lowest BCUT2D eigenvalue weighted by atomic mass is 9.99. The molecule has 1 rings (SSSR count). The van der Waals surface area contributed by atoms with Crippen LogP contribution in [0.25, 0.3) is 0 Å². The normalized spacial score (nSPS) is 18.2. The van der Waals surface area contributed by atoms with Crippen LogP contribution in [0.15, 0.2) is 0 Å². The zero-order valence-electron chi connectivity index (χ0n) is 8.99. The van der Waals surface area contributed by atoms with Gasteiger partial charge in [-0.3, -0.25) is 0 Å². The molecule has 0 heteroatoms. The summed E-state index contributed by atoms with van der Waals surface area (Å²) in [6.07, 6.45) is 15.4. The van der Waals surface area contributed by atoms with Gasteiger partial charge in [0.15, 0.2) is 0 Å². The summed E-state index contributed by atoms with van der Waals surface area (Å²) >= 11 is 0. The Hall–Kier alpha value is 0. The Morgan fingerprint density at radius 1 is 0.846 bits per heavy atom. The van der Waals surface area contributed by atoms with Crippen LogP contribution in [0, 0.1) is 12.8 Å². The molecule has 1 fully saturated rings. The van der Waals surface area contributed by atoms with Crippen molar-refractivity contribution in [2.75, 3.05) is 0 Å². The molecular weight excluding hydrogens is 156 g/mol. The number of hydrogen-bond acceptors (Lipinski definition) is 0. The molecular formula is C13H24. The fourth-order valence-electron chi connectivity index (χ4n) is 2.21. The smallest absolute Gasteiger partial charge is 0.0241 e. The predicted octanol–water partition coefficient (Wildman–Crippen LogP) is 4.70. The van der Waals surface area contributed by atoms with Gasteiger partial charge in [-0.15, -0.1) is 0 Å². The van der Waals surface area contributed by atoms with E-state index in [0.29, 0.717) is 0 Å². The molecule has 0 N–H and O–H groups in total. The zero-order chi connectivity index (χ0) is 9.36. The van der Waals surface area contributed by atoms with E-state index in [2.05, 4.69) is 6.92 Å². The second-order valence-corrected chi connectivity index (χ2v) is 4.33. The first-order valence-corrected chi connectivity index (χ1v) is 6.06. The summed E-state index contributed by atoms with van der Waals surface area (Å²) in [4.78, 5) is 0. The van der Waals surface area contributed by atoms with Gasteiger partial charge in [0.2, 0.25) is 0 Å². The highest BCUT2D eigenvalue weighted by Crippen LogP contribution is 2.31. The molecule has 0 saturated heterocycles. The average molecular weight is 180 g/mol. The third-order valence-corrected chi connectivity index (χ3v) is 3.09. The molecule has 0 atom stereocenters. The highest BCUT2D eigenvalue weighted by atomic mass is 14.2. The van der Waals surface area contributed by atoms with Crippen LogP contribution in [-0.2, 0) is 0 Å². The predicted molar refractivity (Wildman–Crippen MR) is 59.4 cm³/mol. The summed E-state index contributed by atoms with van der Waals surface area (Å²) in [7, 11) is 0. The Morgan fingerprint density at radius 2 is 1.46 bits per heavy atom. The highest BCUT2D eigenvalue weighted by molar-refractivity contribution is 4.93. The quantitative estimate of drug-likeness (QED) is 0.498. The molecule has 0 amide bonds. The van der Waals surface area contributed by atoms with Crippen molar-refractivity contribution < 1.29 is 0 Å². The van der Waals surface area contributed by atoms with Crippen molar-refractivity contribution in [3.63, 3.8) is 0 Å². The maximum absolute atomic E-state index is 3.86. The van der Waals surface area contributed by atoms with Crippen molar-refractivity contribution >= 4 is 0 Å². The van der Waals surface area contributed by atoms with Crippen LogP contribution >= 0.6 is 0 Å². The molecule has 1 aliphatic carbocycles. The van der Waals surface area contributed by atoms with Crippen LogP contribution in [0.2, 0.25) is 0 Å². The van der Waals surface area contributed by atoms with Crippen molar-refractivity contribution in [2.45, 2.75) is 70.6 Å². The Balaban J connectivity index is 1.78. The minimum Gasteiger partial charge on any atom is -0.0533 e. The van der Waals surface area contributed by atoms with E-state index in [-0.39, 0.29) is 0 Å². The van der Waals surface area contributed by atoms with Crippen molar-refractivity contribution in [2.24, 2.45) is 0 Å². The van der Waals surface area contributed by atoms with Crippen LogP contribution in [0.4, 0.5) is 0 Å². The molecule has 76 valence electrons. The Bertz CT molecular complexity index is 101. The Kier molecular flexibility index (Phi) is 6.31. The third-order valence-electron chi connectivity index (χ3n) is 3.09. The molecule has 0 aliphatic heterocycles. The van der Waals surface area contributed by atoms with E-state index in [1.807, 2.05) is 5.92 Å². The van der Waals surface area contributed by atoms with Crippen molar-refractivity contribution in [3.05, 3.63) is 12.8 Å². The van der Waals surface area contributed by atoms with Crippen LogP contribution in [-0.4, -0.2) is 0 Å². The lowest BCUT2D eigenvalue weighted by Crippen LogP contribution is -1.89. The van der Waals surface area contributed by atoms with Gasteiger partial charge in [-0.1, -0.05) is 58.3 Å². The van der Waals surface area contributed by atoms with E-state index < -0.39 is 0 Å². The van der Waals surface area contributed by atoms with Gasteiger partial charge in [-0.05, 0) is 25.2 Å². The van der Waals surface area contributed by atoms with Crippen LogP contribution in [0.3, 0.4) is 0 Å². The molecule has 0 bridgehead atoms. The first-order valence-electron chi connectivity index (χ1n) is 6.06. The largest absolute Gasteiger partial charge is 0.0533 e. The minimum atomic E-state index is 1.12. The zero-order valence-corrected chi connectivity index (χ0v) is 8.99. The maximum atomic E-state index is 3.86. The van der Waals surface area contributed by atoms with E-state index in [4.69, 9.17) is 0 Å². The summed E-state index contributed by atoms with van der Waals surface area (Å²) < 4.78 is 0. The fourth-order valence-corrected chi connectivity index (χ4v) is 2.21. The van der Waals surface area contributed by atoms with Gasteiger partial charge in [0.1, 0.15) is 0 Å². The molecule has 0 nitrogen and oxygen atoms in total. The summed E-state index contributed by atoms with van der Waals surface area (Å²) in [5.74, 6) is 1.86. The van der Waals surface area contributed by atoms with Crippen molar-refractivity contribution in [3.8, 4) is 0 Å².